The monoisotopic (exact) mass is 393 g/mol. The van der Waals surface area contributed by atoms with Gasteiger partial charge in [0.1, 0.15) is 0 Å². The minimum atomic E-state index is -0.572. The number of carbonyl (C=O) groups excluding carboxylic acids is 2. The second-order valence-corrected chi connectivity index (χ2v) is 6.64. The van der Waals surface area contributed by atoms with Gasteiger partial charge >= 0.3 is 0 Å². The Balaban J connectivity index is 1.70. The zero-order valence-corrected chi connectivity index (χ0v) is 14.8. The third-order valence-electron chi connectivity index (χ3n) is 4.06. The summed E-state index contributed by atoms with van der Waals surface area (Å²) in [6, 6.07) is 10.6. The summed E-state index contributed by atoms with van der Waals surface area (Å²) in [5.74, 6) is -1.09. The molecular formula is C17H13Cl2N3O4. The summed E-state index contributed by atoms with van der Waals surface area (Å²) < 4.78 is 0. The number of nitrogens with one attached hydrogen (secondary N) is 1. The summed E-state index contributed by atoms with van der Waals surface area (Å²) in [5.41, 5.74) is 0.765. The fourth-order valence-electron chi connectivity index (χ4n) is 2.71. The van der Waals surface area contributed by atoms with E-state index in [9.17, 15) is 19.7 Å². The van der Waals surface area contributed by atoms with Crippen molar-refractivity contribution in [2.75, 3.05) is 16.8 Å². The highest BCUT2D eigenvalue weighted by Crippen LogP contribution is 2.30. The van der Waals surface area contributed by atoms with Gasteiger partial charge in [0.25, 0.3) is 5.69 Å². The number of anilines is 2. The van der Waals surface area contributed by atoms with Crippen LogP contribution in [0.25, 0.3) is 0 Å². The van der Waals surface area contributed by atoms with Crippen molar-refractivity contribution in [2.45, 2.75) is 6.42 Å². The Bertz CT molecular complexity index is 886. The number of amides is 2. The van der Waals surface area contributed by atoms with Gasteiger partial charge in [-0.3, -0.25) is 19.7 Å². The van der Waals surface area contributed by atoms with Crippen LogP contribution >= 0.6 is 23.2 Å². The molecule has 1 N–H and O–H groups in total. The molecule has 2 amide bonds. The van der Waals surface area contributed by atoms with Gasteiger partial charge in [0, 0.05) is 35.8 Å². The average Bonchev–Trinajstić information content (AvgIpc) is 2.99. The quantitative estimate of drug-likeness (QED) is 0.629. The third-order valence-corrected chi connectivity index (χ3v) is 4.62. The molecular weight excluding hydrogens is 381 g/mol. The largest absolute Gasteiger partial charge is 0.324 e. The molecule has 2 aromatic rings. The maximum atomic E-state index is 12.5. The maximum absolute atomic E-state index is 12.5. The molecule has 2 aromatic carbocycles. The van der Waals surface area contributed by atoms with Crippen LogP contribution in [0.2, 0.25) is 10.0 Å². The van der Waals surface area contributed by atoms with E-state index in [1.54, 1.807) is 24.3 Å². The van der Waals surface area contributed by atoms with Crippen molar-refractivity contribution < 1.29 is 14.5 Å². The zero-order chi connectivity index (χ0) is 18.8. The van der Waals surface area contributed by atoms with Gasteiger partial charge in [-0.25, -0.2) is 0 Å². The molecule has 134 valence electrons. The SMILES string of the molecule is O=C(Nc1ccc([N+](=O)[O-])cc1Cl)[C@H]1CC(=O)N(c2ccc(Cl)cc2)C1. The molecule has 26 heavy (non-hydrogen) atoms. The van der Waals surface area contributed by atoms with Gasteiger partial charge < -0.3 is 10.2 Å². The molecule has 9 heteroatoms. The van der Waals surface area contributed by atoms with Gasteiger partial charge in [0.2, 0.25) is 11.8 Å². The summed E-state index contributed by atoms with van der Waals surface area (Å²) in [6.07, 6.45) is 0.0685. The van der Waals surface area contributed by atoms with E-state index in [2.05, 4.69) is 5.32 Å². The van der Waals surface area contributed by atoms with Crippen molar-refractivity contribution in [2.24, 2.45) is 5.92 Å². The molecule has 0 radical (unpaired) electrons. The number of nitro groups is 1. The van der Waals surface area contributed by atoms with Crippen molar-refractivity contribution in [1.82, 2.24) is 0 Å². The Kier molecular flexibility index (Phi) is 5.11. The molecule has 1 heterocycles. The number of hydrogen-bond acceptors (Lipinski definition) is 4. The van der Waals surface area contributed by atoms with Crippen molar-refractivity contribution >= 4 is 52.1 Å². The lowest BCUT2D eigenvalue weighted by Crippen LogP contribution is -2.28. The number of benzene rings is 2. The summed E-state index contributed by atoms with van der Waals surface area (Å²) in [6.45, 7) is 0.233. The smallest absolute Gasteiger partial charge is 0.271 e. The van der Waals surface area contributed by atoms with E-state index in [1.807, 2.05) is 0 Å². The molecule has 1 fully saturated rings. The number of carbonyl (C=O) groups is 2. The maximum Gasteiger partial charge on any atom is 0.271 e. The van der Waals surface area contributed by atoms with E-state index < -0.39 is 10.8 Å². The summed E-state index contributed by atoms with van der Waals surface area (Å²) in [5, 5.41) is 14.0. The fraction of sp³-hybridized carbons (Fsp3) is 0.176. The van der Waals surface area contributed by atoms with E-state index in [0.29, 0.717) is 10.7 Å². The normalized spacial score (nSPS) is 16.6. The number of nitro benzene ring substituents is 1. The van der Waals surface area contributed by atoms with Gasteiger partial charge in [-0.15, -0.1) is 0 Å². The van der Waals surface area contributed by atoms with Crippen LogP contribution < -0.4 is 10.2 Å². The second-order valence-electron chi connectivity index (χ2n) is 5.79. The first-order valence-electron chi connectivity index (χ1n) is 7.66. The van der Waals surface area contributed by atoms with Crippen LogP contribution in [-0.4, -0.2) is 23.3 Å². The van der Waals surface area contributed by atoms with Crippen molar-refractivity contribution in [3.63, 3.8) is 0 Å². The molecule has 0 spiro atoms. The molecule has 3 rings (SSSR count). The Labute approximate surface area is 158 Å². The van der Waals surface area contributed by atoms with Crippen molar-refractivity contribution in [1.29, 1.82) is 0 Å². The lowest BCUT2D eigenvalue weighted by molar-refractivity contribution is -0.384. The van der Waals surface area contributed by atoms with E-state index in [0.717, 1.165) is 6.07 Å². The summed E-state index contributed by atoms with van der Waals surface area (Å²) >= 11 is 11.8. The van der Waals surface area contributed by atoms with E-state index in [4.69, 9.17) is 23.2 Å². The van der Waals surface area contributed by atoms with Crippen molar-refractivity contribution in [3.8, 4) is 0 Å². The molecule has 0 aliphatic carbocycles. The first-order valence-corrected chi connectivity index (χ1v) is 8.41. The molecule has 0 saturated carbocycles. The van der Waals surface area contributed by atoms with E-state index in [1.165, 1.54) is 17.0 Å². The number of hydrogen-bond donors (Lipinski definition) is 1. The Morgan fingerprint density at radius 2 is 1.88 bits per heavy atom. The highest BCUT2D eigenvalue weighted by molar-refractivity contribution is 6.34. The highest BCUT2D eigenvalue weighted by Gasteiger charge is 2.35. The first kappa shape index (κ1) is 18.2. The molecule has 7 nitrogen and oxygen atoms in total. The van der Waals surface area contributed by atoms with Gasteiger partial charge in [-0.05, 0) is 30.3 Å². The number of halogens is 2. The number of non-ortho nitro benzene ring substituents is 1. The molecule has 0 aromatic heterocycles. The van der Waals surface area contributed by atoms with Crippen LogP contribution in [0.5, 0.6) is 0 Å². The Morgan fingerprint density at radius 1 is 1.19 bits per heavy atom. The topological polar surface area (TPSA) is 92.5 Å². The number of rotatable bonds is 4. The molecule has 0 bridgehead atoms. The Hall–Kier alpha value is -2.64. The molecule has 1 saturated heterocycles. The van der Waals surface area contributed by atoms with E-state index in [-0.39, 0.29) is 41.2 Å². The van der Waals surface area contributed by atoms with Gasteiger partial charge in [0.15, 0.2) is 0 Å². The van der Waals surface area contributed by atoms with Crippen LogP contribution in [0.3, 0.4) is 0 Å². The van der Waals surface area contributed by atoms with Gasteiger partial charge in [-0.2, -0.15) is 0 Å². The van der Waals surface area contributed by atoms with E-state index >= 15 is 0 Å². The van der Waals surface area contributed by atoms with Gasteiger partial charge in [-0.1, -0.05) is 23.2 Å². The van der Waals surface area contributed by atoms with Crippen LogP contribution in [0, 0.1) is 16.0 Å². The molecule has 1 atom stereocenters. The Morgan fingerprint density at radius 3 is 2.50 bits per heavy atom. The highest BCUT2D eigenvalue weighted by atomic mass is 35.5. The van der Waals surface area contributed by atoms with Crippen LogP contribution in [-0.2, 0) is 9.59 Å². The lowest BCUT2D eigenvalue weighted by Gasteiger charge is -2.17. The predicted molar refractivity (Wildman–Crippen MR) is 98.6 cm³/mol. The van der Waals surface area contributed by atoms with Crippen LogP contribution in [0.1, 0.15) is 6.42 Å². The van der Waals surface area contributed by atoms with Crippen LogP contribution in [0.15, 0.2) is 42.5 Å². The van der Waals surface area contributed by atoms with Crippen LogP contribution in [0.4, 0.5) is 17.1 Å². The minimum absolute atomic E-state index is 0.0615. The summed E-state index contributed by atoms with van der Waals surface area (Å²) in [7, 11) is 0. The third kappa shape index (κ3) is 3.79. The molecule has 1 aliphatic rings. The number of nitrogens with zero attached hydrogens (tertiary/aromatic N) is 2. The molecule has 0 unspecified atom stereocenters. The van der Waals surface area contributed by atoms with Gasteiger partial charge in [0.05, 0.1) is 21.6 Å². The fourth-order valence-corrected chi connectivity index (χ4v) is 3.06. The second kappa shape index (κ2) is 7.31. The van der Waals surface area contributed by atoms with Crippen molar-refractivity contribution in [3.05, 3.63) is 62.6 Å². The lowest BCUT2D eigenvalue weighted by atomic mass is 10.1. The molecule has 1 aliphatic heterocycles. The summed E-state index contributed by atoms with van der Waals surface area (Å²) in [4.78, 5) is 36.4. The minimum Gasteiger partial charge on any atom is -0.324 e. The first-order chi connectivity index (χ1) is 12.3. The predicted octanol–water partition coefficient (Wildman–Crippen LogP) is 3.89. The zero-order valence-electron chi connectivity index (χ0n) is 13.3. The standard InChI is InChI=1S/C17H13Cl2N3O4/c18-11-1-3-12(4-2-11)21-9-10(7-16(21)23)17(24)20-15-6-5-13(22(25)26)8-14(15)19/h1-6,8,10H,7,9H2,(H,20,24)/t10-/m0/s1. The average molecular weight is 394 g/mol.